The largest absolute Gasteiger partial charge is 0.456 e. The Bertz CT molecular complexity index is 1790. The van der Waals surface area contributed by atoms with Crippen molar-refractivity contribution in [1.82, 2.24) is 25.1 Å². The number of halogens is 3. The minimum atomic E-state index is -0.984. The second-order valence-corrected chi connectivity index (χ2v) is 12.6. The van der Waals surface area contributed by atoms with Crippen molar-refractivity contribution in [3.8, 4) is 5.69 Å². The molecule has 1 atom stereocenters. The van der Waals surface area contributed by atoms with Crippen LogP contribution in [-0.2, 0) is 20.7 Å². The number of amides is 2. The number of hydrogen-bond acceptors (Lipinski definition) is 7. The molecule has 13 heteroatoms. The van der Waals surface area contributed by atoms with Crippen LogP contribution in [0.5, 0.6) is 0 Å². The van der Waals surface area contributed by atoms with Crippen LogP contribution in [0.25, 0.3) is 11.8 Å². The molecule has 1 aliphatic heterocycles. The number of likely N-dealkylation sites (N-methyl/N-ethyl adjacent to an activating group) is 1. The van der Waals surface area contributed by atoms with E-state index >= 15 is 4.39 Å². The molecule has 0 saturated carbocycles. The molecule has 10 nitrogen and oxygen atoms in total. The van der Waals surface area contributed by atoms with Gasteiger partial charge in [0.05, 0.1) is 16.3 Å². The van der Waals surface area contributed by atoms with Crippen molar-refractivity contribution < 1.29 is 23.5 Å². The third-order valence-electron chi connectivity index (χ3n) is 7.20. The number of anilines is 1. The van der Waals surface area contributed by atoms with Gasteiger partial charge in [-0.15, -0.1) is 5.10 Å². The van der Waals surface area contributed by atoms with Crippen LogP contribution in [0.1, 0.15) is 53.9 Å². The van der Waals surface area contributed by atoms with E-state index in [0.717, 1.165) is 10.0 Å². The molecule has 0 bridgehead atoms. The molecule has 1 aliphatic rings. The summed E-state index contributed by atoms with van der Waals surface area (Å²) in [6.45, 7) is 5.59. The molecule has 1 unspecified atom stereocenters. The molecule has 4 aromatic rings. The number of hydrogen-bond donors (Lipinski definition) is 0. The quantitative estimate of drug-likeness (QED) is 0.181. The summed E-state index contributed by atoms with van der Waals surface area (Å²) in [6.07, 6.45) is 4.31. The van der Waals surface area contributed by atoms with E-state index in [0.29, 0.717) is 23.2 Å². The first kappa shape index (κ1) is 32.0. The monoisotopic (exact) mass is 694 g/mol. The standard InChI is InChI=1S/C32H29BrClFN6O4/c1-32(2,3)45-31(44)19-8-10-20(11-9-19)39(4)30(43)29-22-6-5-7-24(33)21(22)16-17-40(29)27(42)15-12-23-26(41-18-36-37-38-41)14-13-25(34)28(23)35/h5-15,18,29H,16-17H2,1-4H3/b15-12+. The van der Waals surface area contributed by atoms with Gasteiger partial charge in [-0.3, -0.25) is 9.59 Å². The van der Waals surface area contributed by atoms with Crippen molar-refractivity contribution in [2.75, 3.05) is 18.5 Å². The van der Waals surface area contributed by atoms with E-state index in [1.165, 1.54) is 45.1 Å². The second-order valence-electron chi connectivity index (χ2n) is 11.3. The lowest BCUT2D eigenvalue weighted by molar-refractivity contribution is -0.136. The predicted octanol–water partition coefficient (Wildman–Crippen LogP) is 5.97. The number of ether oxygens (including phenoxy) is 1. The number of benzene rings is 3. The number of carbonyl (C=O) groups is 3. The van der Waals surface area contributed by atoms with Gasteiger partial charge in [0.25, 0.3) is 5.91 Å². The van der Waals surface area contributed by atoms with Crippen molar-refractivity contribution in [2.24, 2.45) is 0 Å². The van der Waals surface area contributed by atoms with Crippen molar-refractivity contribution in [2.45, 2.75) is 38.8 Å². The summed E-state index contributed by atoms with van der Waals surface area (Å²) in [5, 5.41) is 10.9. The highest BCUT2D eigenvalue weighted by atomic mass is 79.9. The zero-order valence-corrected chi connectivity index (χ0v) is 27.2. The molecule has 45 heavy (non-hydrogen) atoms. The lowest BCUT2D eigenvalue weighted by Gasteiger charge is -2.38. The van der Waals surface area contributed by atoms with E-state index in [1.54, 1.807) is 52.1 Å². The maximum absolute atomic E-state index is 15.2. The summed E-state index contributed by atoms with van der Waals surface area (Å²) < 4.78 is 22.7. The average Bonchev–Trinajstić information content (AvgIpc) is 3.55. The third kappa shape index (κ3) is 6.81. The fraction of sp³-hybridized carbons (Fsp3) is 0.250. The van der Waals surface area contributed by atoms with Crippen LogP contribution in [0.3, 0.4) is 0 Å². The molecule has 232 valence electrons. The summed E-state index contributed by atoms with van der Waals surface area (Å²) in [4.78, 5) is 43.3. The molecule has 2 heterocycles. The van der Waals surface area contributed by atoms with E-state index in [4.69, 9.17) is 16.3 Å². The van der Waals surface area contributed by atoms with Crippen LogP contribution in [0, 0.1) is 5.82 Å². The highest BCUT2D eigenvalue weighted by Crippen LogP contribution is 2.36. The number of carbonyl (C=O) groups excluding carboxylic acids is 3. The van der Waals surface area contributed by atoms with Crippen LogP contribution < -0.4 is 4.90 Å². The lowest BCUT2D eigenvalue weighted by Crippen LogP contribution is -2.47. The number of tetrazole rings is 1. The summed E-state index contributed by atoms with van der Waals surface area (Å²) in [5.74, 6) is -2.10. The average molecular weight is 696 g/mol. The Hall–Kier alpha value is -4.42. The first-order valence-corrected chi connectivity index (χ1v) is 15.1. The minimum absolute atomic E-state index is 0.00776. The van der Waals surface area contributed by atoms with Gasteiger partial charge in [0.15, 0.2) is 5.82 Å². The number of fused-ring (bicyclic) bond motifs is 1. The van der Waals surface area contributed by atoms with Gasteiger partial charge in [-0.2, -0.15) is 4.68 Å². The predicted molar refractivity (Wildman–Crippen MR) is 170 cm³/mol. The Labute approximate surface area is 272 Å². The Kier molecular flexibility index (Phi) is 9.17. The number of nitrogens with zero attached hydrogens (tertiary/aromatic N) is 6. The summed E-state index contributed by atoms with van der Waals surface area (Å²) in [7, 11) is 1.61. The van der Waals surface area contributed by atoms with Gasteiger partial charge in [-0.05, 0) is 97.3 Å². The molecule has 0 spiro atoms. The molecule has 3 aromatic carbocycles. The smallest absolute Gasteiger partial charge is 0.338 e. The summed E-state index contributed by atoms with van der Waals surface area (Å²) in [5.41, 5.74) is 2.09. The summed E-state index contributed by atoms with van der Waals surface area (Å²) >= 11 is 9.63. The first-order chi connectivity index (χ1) is 21.4. The van der Waals surface area contributed by atoms with Gasteiger partial charge in [0.2, 0.25) is 5.91 Å². The molecule has 0 aliphatic carbocycles. The van der Waals surface area contributed by atoms with Gasteiger partial charge >= 0.3 is 5.97 Å². The van der Waals surface area contributed by atoms with E-state index < -0.39 is 29.3 Å². The van der Waals surface area contributed by atoms with Crippen molar-refractivity contribution in [3.05, 3.63) is 105 Å². The van der Waals surface area contributed by atoms with E-state index in [2.05, 4.69) is 31.5 Å². The Morgan fingerprint density at radius 1 is 1.11 bits per heavy atom. The van der Waals surface area contributed by atoms with Crippen molar-refractivity contribution in [1.29, 1.82) is 0 Å². The van der Waals surface area contributed by atoms with Gasteiger partial charge in [-0.25, -0.2) is 9.18 Å². The normalized spacial score (nSPS) is 14.7. The molecular formula is C32H29BrClFN6O4. The highest BCUT2D eigenvalue weighted by molar-refractivity contribution is 9.10. The van der Waals surface area contributed by atoms with E-state index in [-0.39, 0.29) is 28.7 Å². The van der Waals surface area contributed by atoms with E-state index in [9.17, 15) is 14.4 Å². The SMILES string of the molecule is CN(C(=O)C1c2cccc(Br)c2CCN1C(=O)/C=C/c1c(-n2cnnn2)ccc(Cl)c1F)c1ccc(C(=O)OC(C)(C)C)cc1. The van der Waals surface area contributed by atoms with Crippen molar-refractivity contribution >= 4 is 57.1 Å². The minimum Gasteiger partial charge on any atom is -0.456 e. The molecule has 0 N–H and O–H groups in total. The fourth-order valence-electron chi connectivity index (χ4n) is 5.03. The lowest BCUT2D eigenvalue weighted by atomic mass is 9.91. The van der Waals surface area contributed by atoms with Crippen LogP contribution in [0.2, 0.25) is 5.02 Å². The van der Waals surface area contributed by atoms with Crippen molar-refractivity contribution in [3.63, 3.8) is 0 Å². The van der Waals surface area contributed by atoms with Gasteiger partial charge in [0, 0.05) is 35.4 Å². The highest BCUT2D eigenvalue weighted by Gasteiger charge is 2.38. The van der Waals surface area contributed by atoms with Gasteiger partial charge < -0.3 is 14.5 Å². The van der Waals surface area contributed by atoms with Gasteiger partial charge in [0.1, 0.15) is 18.0 Å². The molecule has 5 rings (SSSR count). The first-order valence-electron chi connectivity index (χ1n) is 13.9. The second kappa shape index (κ2) is 12.9. The molecule has 0 fully saturated rings. The topological polar surface area (TPSA) is 111 Å². The Balaban J connectivity index is 1.46. The number of aromatic nitrogens is 4. The molecule has 0 saturated heterocycles. The van der Waals surface area contributed by atoms with Crippen LogP contribution in [-0.4, -0.2) is 62.1 Å². The zero-order chi connectivity index (χ0) is 32.5. The van der Waals surface area contributed by atoms with Crippen LogP contribution >= 0.6 is 27.5 Å². The molecule has 1 aromatic heterocycles. The van der Waals surface area contributed by atoms with E-state index in [1.807, 2.05) is 18.2 Å². The Morgan fingerprint density at radius 2 is 1.84 bits per heavy atom. The van der Waals surface area contributed by atoms with Gasteiger partial charge in [-0.1, -0.05) is 39.7 Å². The van der Waals surface area contributed by atoms with Crippen LogP contribution in [0.4, 0.5) is 10.1 Å². The van der Waals surface area contributed by atoms with Crippen LogP contribution in [0.15, 0.2) is 71.5 Å². The maximum atomic E-state index is 15.2. The maximum Gasteiger partial charge on any atom is 0.338 e. The fourth-order valence-corrected chi connectivity index (χ4v) is 5.78. The number of esters is 1. The number of rotatable bonds is 6. The molecule has 0 radical (unpaired) electrons. The zero-order valence-electron chi connectivity index (χ0n) is 24.9. The molecule has 2 amide bonds. The Morgan fingerprint density at radius 3 is 2.51 bits per heavy atom. The molecular weight excluding hydrogens is 667 g/mol. The summed E-state index contributed by atoms with van der Waals surface area (Å²) in [6, 6.07) is 13.9. The third-order valence-corrected chi connectivity index (χ3v) is 8.23.